The van der Waals surface area contributed by atoms with Crippen molar-refractivity contribution >= 4 is 0 Å². The fourth-order valence-electron chi connectivity index (χ4n) is 1.85. The van der Waals surface area contributed by atoms with E-state index in [1.54, 1.807) is 0 Å². The van der Waals surface area contributed by atoms with Gasteiger partial charge >= 0.3 is 0 Å². The molecule has 3 atom stereocenters. The van der Waals surface area contributed by atoms with Crippen LogP contribution >= 0.6 is 0 Å². The minimum atomic E-state index is 0.330. The van der Waals surface area contributed by atoms with Crippen molar-refractivity contribution in [3.8, 4) is 0 Å². The van der Waals surface area contributed by atoms with Crippen molar-refractivity contribution in [1.29, 1.82) is 0 Å². The first-order chi connectivity index (χ1) is 6.26. The van der Waals surface area contributed by atoms with E-state index < -0.39 is 0 Å². The standard InChI is InChI=1S/C7H10.C5H12O/c1-2-7-4-3-6(1)5-7;1-3-5(2)4-6/h1-2,6-7H,3-5H2;5-6H,3-4H2,1-2H3. The molecule has 0 radical (unpaired) electrons. The second kappa shape index (κ2) is 5.43. The van der Waals surface area contributed by atoms with Crippen LogP contribution in [-0.4, -0.2) is 11.7 Å². The van der Waals surface area contributed by atoms with Gasteiger partial charge in [0.05, 0.1) is 0 Å². The average Bonchev–Trinajstić information content (AvgIpc) is 2.81. The summed E-state index contributed by atoms with van der Waals surface area (Å²) in [6.07, 6.45) is 10.3. The molecule has 13 heavy (non-hydrogen) atoms. The van der Waals surface area contributed by atoms with Crippen LogP contribution in [0.1, 0.15) is 39.5 Å². The lowest BCUT2D eigenvalue weighted by Crippen LogP contribution is -1.96. The molecule has 1 nitrogen and oxygen atoms in total. The Balaban J connectivity index is 0.000000133. The smallest absolute Gasteiger partial charge is 0.0456 e. The molecule has 0 spiro atoms. The molecule has 1 fully saturated rings. The number of rotatable bonds is 2. The van der Waals surface area contributed by atoms with Gasteiger partial charge in [0.25, 0.3) is 0 Å². The Kier molecular flexibility index (Phi) is 4.51. The quantitative estimate of drug-likeness (QED) is 0.651. The van der Waals surface area contributed by atoms with Crippen LogP contribution in [0.2, 0.25) is 0 Å². The summed E-state index contributed by atoms with van der Waals surface area (Å²) in [5, 5.41) is 8.33. The molecule has 0 aromatic carbocycles. The maximum Gasteiger partial charge on any atom is 0.0456 e. The van der Waals surface area contributed by atoms with E-state index in [0.29, 0.717) is 12.5 Å². The largest absolute Gasteiger partial charge is 0.396 e. The number of hydrogen-bond acceptors (Lipinski definition) is 1. The molecule has 0 aromatic heterocycles. The molecule has 1 saturated carbocycles. The summed E-state index contributed by atoms with van der Waals surface area (Å²) in [5.74, 6) is 2.47. The van der Waals surface area contributed by atoms with Crippen LogP contribution in [0.3, 0.4) is 0 Å². The van der Waals surface area contributed by atoms with Crippen LogP contribution in [0, 0.1) is 17.8 Å². The highest BCUT2D eigenvalue weighted by molar-refractivity contribution is 5.06. The highest BCUT2D eigenvalue weighted by Gasteiger charge is 2.25. The predicted octanol–water partition coefficient (Wildman–Crippen LogP) is 3.00. The second-order valence-electron chi connectivity index (χ2n) is 4.41. The fraction of sp³-hybridized carbons (Fsp3) is 0.833. The predicted molar refractivity (Wildman–Crippen MR) is 56.5 cm³/mol. The Hall–Kier alpha value is -0.300. The first-order valence-corrected chi connectivity index (χ1v) is 5.55. The summed E-state index contributed by atoms with van der Waals surface area (Å²) in [7, 11) is 0. The van der Waals surface area contributed by atoms with Crippen LogP contribution < -0.4 is 0 Å². The molecular formula is C12H22O. The molecule has 2 aliphatic carbocycles. The first-order valence-electron chi connectivity index (χ1n) is 5.55. The Morgan fingerprint density at radius 1 is 1.31 bits per heavy atom. The van der Waals surface area contributed by atoms with Gasteiger partial charge in [-0.25, -0.2) is 0 Å². The minimum Gasteiger partial charge on any atom is -0.396 e. The molecular weight excluding hydrogens is 160 g/mol. The van der Waals surface area contributed by atoms with Crippen LogP contribution in [0.4, 0.5) is 0 Å². The average molecular weight is 182 g/mol. The number of fused-ring (bicyclic) bond motifs is 2. The van der Waals surface area contributed by atoms with Gasteiger partial charge in [0.2, 0.25) is 0 Å². The van der Waals surface area contributed by atoms with E-state index >= 15 is 0 Å². The normalized spacial score (nSPS) is 31.3. The highest BCUT2D eigenvalue weighted by atomic mass is 16.3. The van der Waals surface area contributed by atoms with Crippen molar-refractivity contribution in [1.82, 2.24) is 0 Å². The Morgan fingerprint density at radius 3 is 1.92 bits per heavy atom. The zero-order valence-electron chi connectivity index (χ0n) is 8.87. The molecule has 0 saturated heterocycles. The van der Waals surface area contributed by atoms with Gasteiger partial charge in [-0.1, -0.05) is 32.4 Å². The van der Waals surface area contributed by atoms with Crippen molar-refractivity contribution in [2.75, 3.05) is 6.61 Å². The summed E-state index contributed by atoms with van der Waals surface area (Å²) in [4.78, 5) is 0. The van der Waals surface area contributed by atoms with Crippen molar-refractivity contribution in [3.63, 3.8) is 0 Å². The fourth-order valence-corrected chi connectivity index (χ4v) is 1.85. The molecule has 0 amide bonds. The van der Waals surface area contributed by atoms with Crippen LogP contribution in [0.15, 0.2) is 12.2 Å². The molecule has 2 aliphatic rings. The SMILES string of the molecule is C1=CC2CCC1C2.CCC(C)CO. The number of aliphatic hydroxyl groups excluding tert-OH is 1. The van der Waals surface area contributed by atoms with E-state index in [-0.39, 0.29) is 0 Å². The number of allylic oxidation sites excluding steroid dienone is 2. The first kappa shape index (κ1) is 10.8. The van der Waals surface area contributed by atoms with Gasteiger partial charge in [0.1, 0.15) is 0 Å². The van der Waals surface area contributed by atoms with E-state index in [1.165, 1.54) is 19.3 Å². The lowest BCUT2D eigenvalue weighted by atomic mass is 10.1. The van der Waals surface area contributed by atoms with E-state index in [0.717, 1.165) is 18.3 Å². The maximum absolute atomic E-state index is 8.33. The molecule has 1 N–H and O–H groups in total. The Bertz CT molecular complexity index is 147. The Morgan fingerprint density at radius 2 is 1.85 bits per heavy atom. The number of hydrogen-bond donors (Lipinski definition) is 1. The molecule has 0 aromatic rings. The van der Waals surface area contributed by atoms with Gasteiger partial charge in [-0.2, -0.15) is 0 Å². The highest BCUT2D eigenvalue weighted by Crippen LogP contribution is 2.38. The zero-order valence-corrected chi connectivity index (χ0v) is 8.87. The molecule has 76 valence electrons. The third-order valence-electron chi connectivity index (χ3n) is 3.18. The van der Waals surface area contributed by atoms with Crippen molar-refractivity contribution in [2.24, 2.45) is 17.8 Å². The number of aliphatic hydroxyl groups is 1. The van der Waals surface area contributed by atoms with Gasteiger partial charge in [-0.3, -0.25) is 0 Å². The van der Waals surface area contributed by atoms with Gasteiger partial charge in [0.15, 0.2) is 0 Å². The van der Waals surface area contributed by atoms with Crippen molar-refractivity contribution < 1.29 is 5.11 Å². The summed E-state index contributed by atoms with van der Waals surface area (Å²) in [5.41, 5.74) is 0. The summed E-state index contributed by atoms with van der Waals surface area (Å²) in [6, 6.07) is 0. The van der Waals surface area contributed by atoms with Crippen molar-refractivity contribution in [2.45, 2.75) is 39.5 Å². The third kappa shape index (κ3) is 3.51. The minimum absolute atomic E-state index is 0.330. The monoisotopic (exact) mass is 182 g/mol. The molecule has 1 heteroatoms. The maximum atomic E-state index is 8.33. The van der Waals surface area contributed by atoms with Gasteiger partial charge in [0, 0.05) is 6.61 Å². The molecule has 2 rings (SSSR count). The van der Waals surface area contributed by atoms with E-state index in [2.05, 4.69) is 19.1 Å². The molecule has 2 bridgehead atoms. The van der Waals surface area contributed by atoms with E-state index in [4.69, 9.17) is 5.11 Å². The molecule has 0 aliphatic heterocycles. The molecule has 3 unspecified atom stereocenters. The second-order valence-corrected chi connectivity index (χ2v) is 4.41. The third-order valence-corrected chi connectivity index (χ3v) is 3.18. The van der Waals surface area contributed by atoms with Crippen molar-refractivity contribution in [3.05, 3.63) is 12.2 Å². The van der Waals surface area contributed by atoms with Crippen LogP contribution in [0.25, 0.3) is 0 Å². The van der Waals surface area contributed by atoms with Crippen LogP contribution in [0.5, 0.6) is 0 Å². The van der Waals surface area contributed by atoms with Gasteiger partial charge in [-0.15, -0.1) is 0 Å². The van der Waals surface area contributed by atoms with Gasteiger partial charge < -0.3 is 5.11 Å². The lowest BCUT2D eigenvalue weighted by molar-refractivity contribution is 0.234. The topological polar surface area (TPSA) is 20.2 Å². The van der Waals surface area contributed by atoms with E-state index in [1.807, 2.05) is 6.92 Å². The summed E-state index contributed by atoms with van der Waals surface area (Å²) >= 11 is 0. The summed E-state index contributed by atoms with van der Waals surface area (Å²) in [6.45, 7) is 4.43. The van der Waals surface area contributed by atoms with Gasteiger partial charge in [-0.05, 0) is 37.0 Å². The molecule has 0 heterocycles. The van der Waals surface area contributed by atoms with E-state index in [9.17, 15) is 0 Å². The Labute approximate surface area is 81.9 Å². The van der Waals surface area contributed by atoms with Crippen LogP contribution in [-0.2, 0) is 0 Å². The summed E-state index contributed by atoms with van der Waals surface area (Å²) < 4.78 is 0. The zero-order chi connectivity index (χ0) is 9.68. The lowest BCUT2D eigenvalue weighted by Gasteiger charge is -1.98.